The standard InChI is InChI=1S/C14H9ClF3NO2/c15-13-8(6-12(20)21)5-9(7-19-13)10-3-1-2-4-11(10)14(16,17)18/h1-5,7H,6H2,(H,20,21). The fourth-order valence-corrected chi connectivity index (χ4v) is 2.08. The van der Waals surface area contributed by atoms with E-state index in [2.05, 4.69) is 4.98 Å². The van der Waals surface area contributed by atoms with Gasteiger partial charge in [-0.2, -0.15) is 13.2 Å². The van der Waals surface area contributed by atoms with Crippen molar-refractivity contribution in [3.05, 3.63) is 52.8 Å². The molecule has 0 amide bonds. The summed E-state index contributed by atoms with van der Waals surface area (Å²) in [6.45, 7) is 0. The van der Waals surface area contributed by atoms with Crippen LogP contribution in [-0.4, -0.2) is 16.1 Å². The topological polar surface area (TPSA) is 50.2 Å². The third-order valence-electron chi connectivity index (χ3n) is 2.80. The number of aliphatic carboxylic acids is 1. The number of halogens is 4. The van der Waals surface area contributed by atoms with E-state index in [0.29, 0.717) is 0 Å². The number of nitrogens with zero attached hydrogens (tertiary/aromatic N) is 1. The van der Waals surface area contributed by atoms with Crippen LogP contribution in [0, 0.1) is 0 Å². The molecule has 0 aliphatic rings. The van der Waals surface area contributed by atoms with Gasteiger partial charge in [-0.05, 0) is 17.7 Å². The van der Waals surface area contributed by atoms with Gasteiger partial charge in [0.15, 0.2) is 0 Å². The lowest BCUT2D eigenvalue weighted by Gasteiger charge is -2.13. The van der Waals surface area contributed by atoms with Gasteiger partial charge in [-0.1, -0.05) is 29.8 Å². The van der Waals surface area contributed by atoms with Crippen LogP contribution in [-0.2, 0) is 17.4 Å². The molecule has 2 aromatic rings. The van der Waals surface area contributed by atoms with E-state index in [1.165, 1.54) is 30.5 Å². The third kappa shape index (κ3) is 3.52. The van der Waals surface area contributed by atoms with Gasteiger partial charge in [0.2, 0.25) is 0 Å². The molecule has 0 bridgehead atoms. The van der Waals surface area contributed by atoms with Gasteiger partial charge < -0.3 is 5.11 Å². The second kappa shape index (κ2) is 5.73. The van der Waals surface area contributed by atoms with Crippen LogP contribution in [0.3, 0.4) is 0 Å². The third-order valence-corrected chi connectivity index (χ3v) is 3.14. The van der Waals surface area contributed by atoms with Crippen LogP contribution in [0.1, 0.15) is 11.1 Å². The van der Waals surface area contributed by atoms with Crippen molar-refractivity contribution in [2.45, 2.75) is 12.6 Å². The molecular formula is C14H9ClF3NO2. The highest BCUT2D eigenvalue weighted by molar-refractivity contribution is 6.30. The minimum atomic E-state index is -4.51. The first kappa shape index (κ1) is 15.3. The van der Waals surface area contributed by atoms with E-state index in [-0.39, 0.29) is 21.8 Å². The van der Waals surface area contributed by atoms with E-state index in [1.54, 1.807) is 0 Å². The maximum absolute atomic E-state index is 13.0. The number of aromatic nitrogens is 1. The first-order chi connectivity index (χ1) is 9.79. The summed E-state index contributed by atoms with van der Waals surface area (Å²) in [6, 6.07) is 6.33. The van der Waals surface area contributed by atoms with E-state index in [9.17, 15) is 18.0 Å². The number of alkyl halides is 3. The SMILES string of the molecule is O=C(O)Cc1cc(-c2ccccc2C(F)(F)F)cnc1Cl. The summed E-state index contributed by atoms with van der Waals surface area (Å²) in [4.78, 5) is 14.5. The molecule has 3 nitrogen and oxygen atoms in total. The molecule has 0 saturated heterocycles. The van der Waals surface area contributed by atoms with Gasteiger partial charge in [-0.25, -0.2) is 4.98 Å². The highest BCUT2D eigenvalue weighted by atomic mass is 35.5. The quantitative estimate of drug-likeness (QED) is 0.869. The number of hydrogen-bond donors (Lipinski definition) is 1. The van der Waals surface area contributed by atoms with Gasteiger partial charge >= 0.3 is 12.1 Å². The molecule has 1 aromatic carbocycles. The molecule has 110 valence electrons. The summed E-state index contributed by atoms with van der Waals surface area (Å²) in [5.74, 6) is -1.14. The fourth-order valence-electron chi connectivity index (χ4n) is 1.91. The normalized spacial score (nSPS) is 11.4. The summed E-state index contributed by atoms with van der Waals surface area (Å²) in [6.07, 6.45) is -3.73. The van der Waals surface area contributed by atoms with Crippen molar-refractivity contribution in [2.75, 3.05) is 0 Å². The monoisotopic (exact) mass is 315 g/mol. The van der Waals surface area contributed by atoms with Crippen LogP contribution < -0.4 is 0 Å². The summed E-state index contributed by atoms with van der Waals surface area (Å²) in [5.41, 5.74) is -0.543. The zero-order valence-electron chi connectivity index (χ0n) is 10.5. The average molecular weight is 316 g/mol. The molecule has 1 N–H and O–H groups in total. The van der Waals surface area contributed by atoms with Crippen molar-refractivity contribution in [1.29, 1.82) is 0 Å². The van der Waals surface area contributed by atoms with E-state index in [0.717, 1.165) is 6.07 Å². The Labute approximate surface area is 123 Å². The number of carboxylic acid groups (broad SMARTS) is 1. The molecule has 0 aliphatic carbocycles. The maximum atomic E-state index is 13.0. The predicted octanol–water partition coefficient (Wildman–Crippen LogP) is 4.05. The molecule has 0 radical (unpaired) electrons. The van der Waals surface area contributed by atoms with E-state index >= 15 is 0 Å². The molecule has 0 atom stereocenters. The predicted molar refractivity (Wildman–Crippen MR) is 71.0 cm³/mol. The number of carboxylic acids is 1. The highest BCUT2D eigenvalue weighted by Crippen LogP contribution is 2.37. The summed E-state index contributed by atoms with van der Waals surface area (Å²) >= 11 is 5.76. The molecule has 0 saturated carbocycles. The van der Waals surface area contributed by atoms with Gasteiger partial charge in [-0.3, -0.25) is 4.79 Å². The molecule has 0 aliphatic heterocycles. The Kier molecular flexibility index (Phi) is 4.18. The van der Waals surface area contributed by atoms with Crippen molar-refractivity contribution < 1.29 is 23.1 Å². The fraction of sp³-hybridized carbons (Fsp3) is 0.143. The number of hydrogen-bond acceptors (Lipinski definition) is 2. The van der Waals surface area contributed by atoms with Crippen LogP contribution in [0.15, 0.2) is 36.5 Å². The van der Waals surface area contributed by atoms with Crippen molar-refractivity contribution >= 4 is 17.6 Å². The Balaban J connectivity index is 2.55. The zero-order chi connectivity index (χ0) is 15.6. The number of rotatable bonds is 3. The van der Waals surface area contributed by atoms with Crippen molar-refractivity contribution in [1.82, 2.24) is 4.98 Å². The number of pyridine rings is 1. The van der Waals surface area contributed by atoms with E-state index < -0.39 is 24.1 Å². The van der Waals surface area contributed by atoms with E-state index in [4.69, 9.17) is 16.7 Å². The second-order valence-electron chi connectivity index (χ2n) is 4.29. The van der Waals surface area contributed by atoms with Crippen LogP contribution in [0.4, 0.5) is 13.2 Å². The zero-order valence-corrected chi connectivity index (χ0v) is 11.2. The van der Waals surface area contributed by atoms with Crippen LogP contribution in [0.5, 0.6) is 0 Å². The molecule has 1 aromatic heterocycles. The minimum Gasteiger partial charge on any atom is -0.481 e. The molecule has 0 spiro atoms. The molecule has 2 rings (SSSR count). The number of benzene rings is 1. The van der Waals surface area contributed by atoms with Crippen LogP contribution in [0.25, 0.3) is 11.1 Å². The average Bonchev–Trinajstić information content (AvgIpc) is 2.40. The molecule has 21 heavy (non-hydrogen) atoms. The van der Waals surface area contributed by atoms with Crippen LogP contribution >= 0.6 is 11.6 Å². The van der Waals surface area contributed by atoms with Gasteiger partial charge in [0.25, 0.3) is 0 Å². The summed E-state index contributed by atoms with van der Waals surface area (Å²) in [7, 11) is 0. The summed E-state index contributed by atoms with van der Waals surface area (Å²) < 4.78 is 39.0. The van der Waals surface area contributed by atoms with Gasteiger partial charge in [0.05, 0.1) is 12.0 Å². The lowest BCUT2D eigenvalue weighted by molar-refractivity contribution is -0.137. The highest BCUT2D eigenvalue weighted by Gasteiger charge is 2.33. The lowest BCUT2D eigenvalue weighted by atomic mass is 9.99. The smallest absolute Gasteiger partial charge is 0.417 e. The molecular weight excluding hydrogens is 307 g/mol. The Bertz CT molecular complexity index is 686. The van der Waals surface area contributed by atoms with E-state index in [1.807, 2.05) is 0 Å². The van der Waals surface area contributed by atoms with Crippen molar-refractivity contribution in [3.8, 4) is 11.1 Å². The Hall–Kier alpha value is -2.08. The lowest BCUT2D eigenvalue weighted by Crippen LogP contribution is -2.07. The van der Waals surface area contributed by atoms with Gasteiger partial charge in [0.1, 0.15) is 5.15 Å². The first-order valence-corrected chi connectivity index (χ1v) is 6.19. The maximum Gasteiger partial charge on any atom is 0.417 e. The van der Waals surface area contributed by atoms with Gasteiger partial charge in [0, 0.05) is 17.3 Å². The molecule has 0 fully saturated rings. The first-order valence-electron chi connectivity index (χ1n) is 5.82. The molecule has 1 heterocycles. The number of carbonyl (C=O) groups is 1. The van der Waals surface area contributed by atoms with Crippen LogP contribution in [0.2, 0.25) is 5.15 Å². The Morgan fingerprint density at radius 1 is 1.29 bits per heavy atom. The Morgan fingerprint density at radius 2 is 1.95 bits per heavy atom. The second-order valence-corrected chi connectivity index (χ2v) is 4.65. The molecule has 0 unspecified atom stereocenters. The summed E-state index contributed by atoms with van der Waals surface area (Å²) in [5, 5.41) is 8.73. The Morgan fingerprint density at radius 3 is 2.57 bits per heavy atom. The van der Waals surface area contributed by atoms with Gasteiger partial charge in [-0.15, -0.1) is 0 Å². The van der Waals surface area contributed by atoms with Crippen molar-refractivity contribution in [2.24, 2.45) is 0 Å². The largest absolute Gasteiger partial charge is 0.481 e. The minimum absolute atomic E-state index is 0.0364. The van der Waals surface area contributed by atoms with Crippen molar-refractivity contribution in [3.63, 3.8) is 0 Å². The molecule has 7 heteroatoms.